The Kier molecular flexibility index (Phi) is 2.90. The van der Waals surface area contributed by atoms with Crippen molar-refractivity contribution < 1.29 is 0 Å². The van der Waals surface area contributed by atoms with Crippen LogP contribution in [0.4, 0.5) is 0 Å². The van der Waals surface area contributed by atoms with Crippen LogP contribution in [0.25, 0.3) is 22.2 Å². The number of hydrogen-bond acceptors (Lipinski definition) is 2. The van der Waals surface area contributed by atoms with Crippen LogP contribution >= 0.6 is 23.2 Å². The summed E-state index contributed by atoms with van der Waals surface area (Å²) < 4.78 is 0. The van der Waals surface area contributed by atoms with Gasteiger partial charge in [0.2, 0.25) is 0 Å². The van der Waals surface area contributed by atoms with E-state index in [0.717, 1.165) is 16.3 Å². The number of hydrogen-bond donors (Lipinski definition) is 0. The van der Waals surface area contributed by atoms with Crippen molar-refractivity contribution in [3.8, 4) is 11.4 Å². The van der Waals surface area contributed by atoms with E-state index in [2.05, 4.69) is 9.97 Å². The largest absolute Gasteiger partial charge is 0.216 e. The molecule has 18 heavy (non-hydrogen) atoms. The second-order valence-electron chi connectivity index (χ2n) is 3.86. The first-order valence-corrected chi connectivity index (χ1v) is 6.18. The summed E-state index contributed by atoms with van der Waals surface area (Å²) in [7, 11) is 0. The van der Waals surface area contributed by atoms with Gasteiger partial charge in [-0.15, -0.1) is 0 Å². The van der Waals surface area contributed by atoms with Crippen molar-refractivity contribution in [2.45, 2.75) is 0 Å². The monoisotopic (exact) mass is 274 g/mol. The summed E-state index contributed by atoms with van der Waals surface area (Å²) in [5.74, 6) is 0.546. The highest BCUT2D eigenvalue weighted by Gasteiger charge is 2.08. The molecular formula is C14H8Cl2N2. The van der Waals surface area contributed by atoms with Crippen LogP contribution in [0.15, 0.2) is 48.5 Å². The zero-order valence-electron chi connectivity index (χ0n) is 9.27. The standard InChI is InChI=1S/C14H8Cl2N2/c15-12-8-13(16)18-14(17-12)11-7-3-5-9-4-1-2-6-10(9)11/h1-8H. The number of aromatic nitrogens is 2. The second kappa shape index (κ2) is 4.56. The van der Waals surface area contributed by atoms with Crippen molar-refractivity contribution >= 4 is 34.0 Å². The Bertz CT molecular complexity index is 700. The lowest BCUT2D eigenvalue weighted by atomic mass is 10.0. The Morgan fingerprint density at radius 2 is 1.44 bits per heavy atom. The number of benzene rings is 2. The van der Waals surface area contributed by atoms with Crippen LogP contribution in [0.3, 0.4) is 0 Å². The van der Waals surface area contributed by atoms with Crippen LogP contribution < -0.4 is 0 Å². The molecule has 0 radical (unpaired) electrons. The average molecular weight is 275 g/mol. The second-order valence-corrected chi connectivity index (χ2v) is 4.64. The van der Waals surface area contributed by atoms with Crippen LogP contribution in [0.5, 0.6) is 0 Å². The zero-order valence-corrected chi connectivity index (χ0v) is 10.8. The van der Waals surface area contributed by atoms with Gasteiger partial charge in [0.1, 0.15) is 10.3 Å². The van der Waals surface area contributed by atoms with Gasteiger partial charge in [0, 0.05) is 11.6 Å². The first-order chi connectivity index (χ1) is 8.74. The first-order valence-electron chi connectivity index (χ1n) is 5.42. The van der Waals surface area contributed by atoms with E-state index in [4.69, 9.17) is 23.2 Å². The number of fused-ring (bicyclic) bond motifs is 1. The lowest BCUT2D eigenvalue weighted by molar-refractivity contribution is 1.18. The van der Waals surface area contributed by atoms with Crippen molar-refractivity contribution in [1.82, 2.24) is 9.97 Å². The van der Waals surface area contributed by atoms with E-state index in [1.807, 2.05) is 42.5 Å². The van der Waals surface area contributed by atoms with Gasteiger partial charge in [-0.3, -0.25) is 0 Å². The Balaban J connectivity index is 2.31. The third-order valence-electron chi connectivity index (χ3n) is 2.69. The molecule has 0 saturated carbocycles. The highest BCUT2D eigenvalue weighted by atomic mass is 35.5. The van der Waals surface area contributed by atoms with Crippen molar-refractivity contribution in [3.05, 3.63) is 58.8 Å². The molecule has 0 unspecified atom stereocenters. The number of nitrogens with zero attached hydrogens (tertiary/aromatic N) is 2. The summed E-state index contributed by atoms with van der Waals surface area (Å²) in [6, 6.07) is 15.6. The summed E-state index contributed by atoms with van der Waals surface area (Å²) >= 11 is 11.8. The van der Waals surface area contributed by atoms with E-state index in [1.54, 1.807) is 0 Å². The molecule has 0 atom stereocenters. The molecule has 0 bridgehead atoms. The lowest BCUT2D eigenvalue weighted by Gasteiger charge is -2.05. The Morgan fingerprint density at radius 1 is 0.778 bits per heavy atom. The van der Waals surface area contributed by atoms with Gasteiger partial charge in [0.15, 0.2) is 5.82 Å². The smallest absolute Gasteiger partial charge is 0.163 e. The summed E-state index contributed by atoms with van der Waals surface area (Å²) in [6.45, 7) is 0. The number of halogens is 2. The van der Waals surface area contributed by atoms with Crippen molar-refractivity contribution in [3.63, 3.8) is 0 Å². The molecule has 2 aromatic carbocycles. The average Bonchev–Trinajstić information content (AvgIpc) is 2.37. The highest BCUT2D eigenvalue weighted by Crippen LogP contribution is 2.27. The fraction of sp³-hybridized carbons (Fsp3) is 0. The van der Waals surface area contributed by atoms with Gasteiger partial charge in [-0.1, -0.05) is 65.7 Å². The lowest BCUT2D eigenvalue weighted by Crippen LogP contribution is -1.91. The highest BCUT2D eigenvalue weighted by molar-refractivity contribution is 6.33. The topological polar surface area (TPSA) is 25.8 Å². The Labute approximate surface area is 114 Å². The molecule has 2 nitrogen and oxygen atoms in total. The number of rotatable bonds is 1. The fourth-order valence-corrected chi connectivity index (χ4v) is 2.35. The molecule has 3 aromatic rings. The van der Waals surface area contributed by atoms with Gasteiger partial charge in [0.05, 0.1) is 0 Å². The molecule has 0 fully saturated rings. The van der Waals surface area contributed by atoms with Crippen LogP contribution in [-0.4, -0.2) is 9.97 Å². The third-order valence-corrected chi connectivity index (χ3v) is 3.08. The fourth-order valence-electron chi connectivity index (χ4n) is 1.93. The summed E-state index contributed by atoms with van der Waals surface area (Å²) in [5.41, 5.74) is 0.928. The maximum Gasteiger partial charge on any atom is 0.163 e. The van der Waals surface area contributed by atoms with E-state index in [-0.39, 0.29) is 0 Å². The quantitative estimate of drug-likeness (QED) is 0.606. The minimum Gasteiger partial charge on any atom is -0.216 e. The zero-order chi connectivity index (χ0) is 12.5. The minimum absolute atomic E-state index is 0.345. The van der Waals surface area contributed by atoms with Crippen molar-refractivity contribution in [2.24, 2.45) is 0 Å². The molecule has 0 spiro atoms. The van der Waals surface area contributed by atoms with Crippen LogP contribution in [0, 0.1) is 0 Å². The SMILES string of the molecule is Clc1cc(Cl)nc(-c2cccc3ccccc23)n1. The van der Waals surface area contributed by atoms with E-state index < -0.39 is 0 Å². The molecule has 0 saturated heterocycles. The molecule has 1 heterocycles. The van der Waals surface area contributed by atoms with Gasteiger partial charge in [-0.2, -0.15) is 0 Å². The predicted molar refractivity (Wildman–Crippen MR) is 75.0 cm³/mol. The predicted octanol–water partition coefficient (Wildman–Crippen LogP) is 4.60. The van der Waals surface area contributed by atoms with E-state index in [1.165, 1.54) is 6.07 Å². The molecule has 0 aliphatic heterocycles. The van der Waals surface area contributed by atoms with Crippen molar-refractivity contribution in [2.75, 3.05) is 0 Å². The summed E-state index contributed by atoms with van der Waals surface area (Å²) in [5, 5.41) is 2.91. The molecule has 88 valence electrons. The molecule has 0 aliphatic rings. The Hall–Kier alpha value is -1.64. The summed E-state index contributed by atoms with van der Waals surface area (Å²) in [4.78, 5) is 8.45. The first kappa shape index (κ1) is 11.5. The molecule has 0 aliphatic carbocycles. The summed E-state index contributed by atoms with van der Waals surface area (Å²) in [6.07, 6.45) is 0. The van der Waals surface area contributed by atoms with E-state index in [9.17, 15) is 0 Å². The normalized spacial score (nSPS) is 10.8. The molecular weight excluding hydrogens is 267 g/mol. The maximum atomic E-state index is 5.92. The van der Waals surface area contributed by atoms with Crippen LogP contribution in [-0.2, 0) is 0 Å². The maximum absolute atomic E-state index is 5.92. The van der Waals surface area contributed by atoms with Gasteiger partial charge in [-0.05, 0) is 10.8 Å². The molecule has 3 rings (SSSR count). The molecule has 4 heteroatoms. The van der Waals surface area contributed by atoms with E-state index in [0.29, 0.717) is 16.1 Å². The van der Waals surface area contributed by atoms with Gasteiger partial charge < -0.3 is 0 Å². The van der Waals surface area contributed by atoms with Crippen LogP contribution in [0.1, 0.15) is 0 Å². The van der Waals surface area contributed by atoms with Gasteiger partial charge >= 0.3 is 0 Å². The van der Waals surface area contributed by atoms with Gasteiger partial charge in [-0.25, -0.2) is 9.97 Å². The van der Waals surface area contributed by atoms with Gasteiger partial charge in [0.25, 0.3) is 0 Å². The molecule has 0 amide bonds. The molecule has 1 aromatic heterocycles. The van der Waals surface area contributed by atoms with Crippen molar-refractivity contribution in [1.29, 1.82) is 0 Å². The molecule has 0 N–H and O–H groups in total. The van der Waals surface area contributed by atoms with Crippen LogP contribution in [0.2, 0.25) is 10.3 Å². The Morgan fingerprint density at radius 3 is 2.22 bits per heavy atom. The van der Waals surface area contributed by atoms with E-state index >= 15 is 0 Å². The third kappa shape index (κ3) is 2.05. The minimum atomic E-state index is 0.345.